The lowest BCUT2D eigenvalue weighted by Gasteiger charge is -2.53. The van der Waals surface area contributed by atoms with Crippen LogP contribution in [0.4, 0.5) is 0 Å². The van der Waals surface area contributed by atoms with Crippen molar-refractivity contribution in [3.05, 3.63) is 0 Å². The van der Waals surface area contributed by atoms with Gasteiger partial charge in [-0.2, -0.15) is 0 Å². The van der Waals surface area contributed by atoms with Crippen LogP contribution in [0.25, 0.3) is 0 Å². The van der Waals surface area contributed by atoms with Crippen LogP contribution in [-0.4, -0.2) is 0 Å². The van der Waals surface area contributed by atoms with Gasteiger partial charge in [0.15, 0.2) is 0 Å². The van der Waals surface area contributed by atoms with Crippen molar-refractivity contribution >= 4 is 0 Å². The van der Waals surface area contributed by atoms with Crippen molar-refractivity contribution in [2.45, 2.75) is 54.9 Å². The molecule has 0 aliphatic heterocycles. The van der Waals surface area contributed by atoms with Crippen molar-refractivity contribution in [2.75, 3.05) is 0 Å². The standard InChI is InChI=1S/C13H26/c1-9-8-12(4,5)10(2)11(3)13(9,6)7/h9-11H,8H2,1-7H3. The van der Waals surface area contributed by atoms with Crippen molar-refractivity contribution in [1.29, 1.82) is 0 Å². The molecule has 0 aromatic heterocycles. The average Bonchev–Trinajstić information content (AvgIpc) is 1.98. The minimum atomic E-state index is 0.523. The molecule has 1 rings (SSSR count). The van der Waals surface area contributed by atoms with Crippen LogP contribution < -0.4 is 0 Å². The molecule has 3 unspecified atom stereocenters. The van der Waals surface area contributed by atoms with E-state index in [0.717, 1.165) is 17.8 Å². The van der Waals surface area contributed by atoms with Crippen LogP contribution in [0.3, 0.4) is 0 Å². The van der Waals surface area contributed by atoms with Crippen molar-refractivity contribution in [3.8, 4) is 0 Å². The van der Waals surface area contributed by atoms with Gasteiger partial charge in [0.05, 0.1) is 0 Å². The molecule has 0 aromatic rings. The number of hydrogen-bond donors (Lipinski definition) is 0. The fourth-order valence-electron chi connectivity index (χ4n) is 3.01. The molecule has 3 atom stereocenters. The van der Waals surface area contributed by atoms with E-state index in [1.165, 1.54) is 6.42 Å². The smallest absolute Gasteiger partial charge is 0.0300 e. The highest BCUT2D eigenvalue weighted by molar-refractivity contribution is 4.95. The first-order valence-electron chi connectivity index (χ1n) is 5.69. The third kappa shape index (κ3) is 1.65. The predicted molar refractivity (Wildman–Crippen MR) is 59.7 cm³/mol. The Balaban J connectivity index is 2.93. The van der Waals surface area contributed by atoms with Crippen LogP contribution in [0.2, 0.25) is 0 Å². The predicted octanol–water partition coefficient (Wildman–Crippen LogP) is 4.35. The van der Waals surface area contributed by atoms with E-state index in [-0.39, 0.29) is 0 Å². The summed E-state index contributed by atoms with van der Waals surface area (Å²) in [5.41, 5.74) is 1.06. The highest BCUT2D eigenvalue weighted by Crippen LogP contribution is 2.54. The lowest BCUT2D eigenvalue weighted by Crippen LogP contribution is -2.46. The van der Waals surface area contributed by atoms with Gasteiger partial charge in [-0.3, -0.25) is 0 Å². The molecule has 0 bridgehead atoms. The second-order valence-electron chi connectivity index (χ2n) is 6.49. The fourth-order valence-corrected chi connectivity index (χ4v) is 3.01. The van der Waals surface area contributed by atoms with E-state index in [9.17, 15) is 0 Å². The average molecular weight is 182 g/mol. The van der Waals surface area contributed by atoms with Gasteiger partial charge < -0.3 is 0 Å². The van der Waals surface area contributed by atoms with E-state index in [2.05, 4.69) is 48.5 Å². The fraction of sp³-hybridized carbons (Fsp3) is 1.00. The Kier molecular flexibility index (Phi) is 2.56. The lowest BCUT2D eigenvalue weighted by atomic mass is 9.52. The van der Waals surface area contributed by atoms with Crippen molar-refractivity contribution < 1.29 is 0 Å². The normalized spacial score (nSPS) is 43.2. The highest BCUT2D eigenvalue weighted by atomic mass is 14.5. The third-order valence-corrected chi connectivity index (χ3v) is 5.26. The van der Waals surface area contributed by atoms with E-state index in [4.69, 9.17) is 0 Å². The first-order valence-corrected chi connectivity index (χ1v) is 5.69. The molecule has 0 amide bonds. The summed E-state index contributed by atoms with van der Waals surface area (Å²) < 4.78 is 0. The summed E-state index contributed by atoms with van der Waals surface area (Å²) in [6, 6.07) is 0. The molecule has 78 valence electrons. The van der Waals surface area contributed by atoms with Gasteiger partial charge in [-0.25, -0.2) is 0 Å². The first kappa shape index (κ1) is 11.1. The monoisotopic (exact) mass is 182 g/mol. The van der Waals surface area contributed by atoms with Crippen molar-refractivity contribution in [1.82, 2.24) is 0 Å². The van der Waals surface area contributed by atoms with Crippen molar-refractivity contribution in [3.63, 3.8) is 0 Å². The van der Waals surface area contributed by atoms with Gasteiger partial charge in [0.25, 0.3) is 0 Å². The summed E-state index contributed by atoms with van der Waals surface area (Å²) in [5.74, 6) is 2.54. The van der Waals surface area contributed by atoms with Crippen LogP contribution in [0, 0.1) is 28.6 Å². The lowest BCUT2D eigenvalue weighted by molar-refractivity contribution is -0.0434. The van der Waals surface area contributed by atoms with Gasteiger partial charge in [0, 0.05) is 0 Å². The molecule has 0 heterocycles. The summed E-state index contributed by atoms with van der Waals surface area (Å²) in [5, 5.41) is 0. The Morgan fingerprint density at radius 3 is 1.77 bits per heavy atom. The largest absolute Gasteiger partial charge is 0.0620 e. The zero-order valence-corrected chi connectivity index (χ0v) is 10.4. The molecule has 0 radical (unpaired) electrons. The quantitative estimate of drug-likeness (QED) is 0.522. The molecule has 0 nitrogen and oxygen atoms in total. The Bertz CT molecular complexity index is 188. The third-order valence-electron chi connectivity index (χ3n) is 5.26. The van der Waals surface area contributed by atoms with E-state index < -0.39 is 0 Å². The SMILES string of the molecule is CC1C(C)C(C)(C)C(C)CC1(C)C. The molecule has 1 saturated carbocycles. The summed E-state index contributed by atoms with van der Waals surface area (Å²) >= 11 is 0. The molecule has 0 heteroatoms. The topological polar surface area (TPSA) is 0 Å². The van der Waals surface area contributed by atoms with Crippen LogP contribution in [0.1, 0.15) is 54.9 Å². The Morgan fingerprint density at radius 2 is 1.31 bits per heavy atom. The minimum Gasteiger partial charge on any atom is -0.0620 e. The summed E-state index contributed by atoms with van der Waals surface area (Å²) in [6.45, 7) is 17.0. The van der Waals surface area contributed by atoms with Gasteiger partial charge in [-0.15, -0.1) is 0 Å². The molecule has 0 saturated heterocycles. The minimum absolute atomic E-state index is 0.523. The van der Waals surface area contributed by atoms with Crippen LogP contribution in [-0.2, 0) is 0 Å². The maximum atomic E-state index is 2.44. The van der Waals surface area contributed by atoms with Crippen molar-refractivity contribution in [2.24, 2.45) is 28.6 Å². The zero-order chi connectivity index (χ0) is 10.4. The second kappa shape index (κ2) is 3.00. The molecule has 13 heavy (non-hydrogen) atoms. The molecular weight excluding hydrogens is 156 g/mol. The number of hydrogen-bond acceptors (Lipinski definition) is 0. The Labute approximate surface area is 84.1 Å². The van der Waals surface area contributed by atoms with Gasteiger partial charge in [-0.05, 0) is 35.0 Å². The zero-order valence-electron chi connectivity index (χ0n) is 10.4. The van der Waals surface area contributed by atoms with E-state index in [1.54, 1.807) is 0 Å². The number of rotatable bonds is 0. The molecule has 0 spiro atoms. The maximum Gasteiger partial charge on any atom is -0.0300 e. The van der Waals surface area contributed by atoms with Gasteiger partial charge in [0.2, 0.25) is 0 Å². The maximum absolute atomic E-state index is 2.44. The summed E-state index contributed by atoms with van der Waals surface area (Å²) in [4.78, 5) is 0. The first-order chi connectivity index (χ1) is 5.69. The molecule has 1 aliphatic carbocycles. The summed E-state index contributed by atoms with van der Waals surface area (Å²) in [6.07, 6.45) is 1.38. The van der Waals surface area contributed by atoms with Gasteiger partial charge in [-0.1, -0.05) is 48.5 Å². The molecule has 0 N–H and O–H groups in total. The molecule has 1 fully saturated rings. The van der Waals surface area contributed by atoms with Crippen LogP contribution >= 0.6 is 0 Å². The molecular formula is C13H26. The molecule has 1 aliphatic rings. The van der Waals surface area contributed by atoms with Crippen LogP contribution in [0.5, 0.6) is 0 Å². The van der Waals surface area contributed by atoms with E-state index in [0.29, 0.717) is 10.8 Å². The van der Waals surface area contributed by atoms with E-state index >= 15 is 0 Å². The van der Waals surface area contributed by atoms with E-state index in [1.807, 2.05) is 0 Å². The van der Waals surface area contributed by atoms with Crippen LogP contribution in [0.15, 0.2) is 0 Å². The van der Waals surface area contributed by atoms with Gasteiger partial charge in [0.1, 0.15) is 0 Å². The van der Waals surface area contributed by atoms with Gasteiger partial charge >= 0.3 is 0 Å². The Morgan fingerprint density at radius 1 is 0.846 bits per heavy atom. The highest BCUT2D eigenvalue weighted by Gasteiger charge is 2.46. The molecule has 0 aromatic carbocycles. The Hall–Kier alpha value is 0. The second-order valence-corrected chi connectivity index (χ2v) is 6.49. The summed E-state index contributed by atoms with van der Waals surface area (Å²) in [7, 11) is 0.